The van der Waals surface area contributed by atoms with Crippen molar-refractivity contribution in [3.63, 3.8) is 0 Å². The van der Waals surface area contributed by atoms with Crippen LogP contribution in [0.1, 0.15) is 0 Å². The molecule has 0 saturated heterocycles. The SMILES string of the molecule is [Cl].[KH].[Pt].[Sn]. The Hall–Kier alpha value is 3.41. The first kappa shape index (κ1) is 26.2. The van der Waals surface area contributed by atoms with Crippen molar-refractivity contribution in [1.82, 2.24) is 0 Å². The van der Waals surface area contributed by atoms with E-state index in [4.69, 9.17) is 0 Å². The zero-order chi connectivity index (χ0) is 0. The molecule has 0 aliphatic heterocycles. The van der Waals surface area contributed by atoms with Gasteiger partial charge < -0.3 is 0 Å². The van der Waals surface area contributed by atoms with Gasteiger partial charge in [-0.25, -0.2) is 0 Å². The van der Waals surface area contributed by atoms with Crippen molar-refractivity contribution >= 4 is 87.7 Å². The minimum absolute atomic E-state index is 0. The molecule has 0 rings (SSSR count). The molecule has 0 saturated carbocycles. The Labute approximate surface area is 106 Å². The average molecular weight is 389 g/mol. The Morgan fingerprint density at radius 1 is 1.00 bits per heavy atom. The summed E-state index contributed by atoms with van der Waals surface area (Å²) in [6.45, 7) is 0. The fourth-order valence-corrected chi connectivity index (χ4v) is 0. The molecular formula is HClKPtSn. The monoisotopic (exact) mass is 390 g/mol. The van der Waals surface area contributed by atoms with Crippen LogP contribution in [0.15, 0.2) is 0 Å². The van der Waals surface area contributed by atoms with Gasteiger partial charge in [-0.05, 0) is 0 Å². The van der Waals surface area contributed by atoms with Crippen molar-refractivity contribution in [2.75, 3.05) is 0 Å². The molecule has 5 radical (unpaired) electrons. The minimum Gasteiger partial charge on any atom is 0 e. The second-order valence-electron chi connectivity index (χ2n) is 0. The van der Waals surface area contributed by atoms with Gasteiger partial charge in [-0.1, -0.05) is 0 Å². The van der Waals surface area contributed by atoms with E-state index in [2.05, 4.69) is 0 Å². The summed E-state index contributed by atoms with van der Waals surface area (Å²) < 4.78 is 0. The topological polar surface area (TPSA) is 0 Å². The van der Waals surface area contributed by atoms with Crippen LogP contribution in [0.25, 0.3) is 0 Å². The molecule has 0 fully saturated rings. The fourth-order valence-electron chi connectivity index (χ4n) is 0. The van der Waals surface area contributed by atoms with Crippen LogP contribution in [-0.4, -0.2) is 75.3 Å². The first-order valence-electron chi connectivity index (χ1n) is 0. The maximum atomic E-state index is 0. The normalized spacial score (nSPS) is 0. The Balaban J connectivity index is 0. The molecular weight excluding hydrogens is 388 g/mol. The van der Waals surface area contributed by atoms with E-state index < -0.39 is 0 Å². The third kappa shape index (κ3) is 9.05. The van der Waals surface area contributed by atoms with Gasteiger partial charge in [0.2, 0.25) is 0 Å². The van der Waals surface area contributed by atoms with Gasteiger partial charge in [0.15, 0.2) is 0 Å². The Morgan fingerprint density at radius 3 is 1.00 bits per heavy atom. The van der Waals surface area contributed by atoms with Crippen LogP contribution in [-0.2, 0) is 21.1 Å². The van der Waals surface area contributed by atoms with E-state index in [9.17, 15) is 0 Å². The number of rotatable bonds is 0. The van der Waals surface area contributed by atoms with Crippen molar-refractivity contribution < 1.29 is 21.1 Å². The molecule has 0 atom stereocenters. The second-order valence-corrected chi connectivity index (χ2v) is 0. The molecule has 4 heteroatoms. The molecule has 4 heavy (non-hydrogen) atoms. The summed E-state index contributed by atoms with van der Waals surface area (Å²) in [7, 11) is 0. The maximum Gasteiger partial charge on any atom is 0 e. The summed E-state index contributed by atoms with van der Waals surface area (Å²) in [6, 6.07) is 0. The van der Waals surface area contributed by atoms with E-state index in [0.29, 0.717) is 0 Å². The smallest absolute Gasteiger partial charge is 0 e. The number of halogens is 1. The van der Waals surface area contributed by atoms with Gasteiger partial charge in [0.1, 0.15) is 0 Å². The van der Waals surface area contributed by atoms with Gasteiger partial charge in [0.05, 0.1) is 0 Å². The van der Waals surface area contributed by atoms with Gasteiger partial charge in [0, 0.05) is 57.4 Å². The molecule has 0 heterocycles. The molecule has 0 spiro atoms. The molecule has 0 aromatic rings. The summed E-state index contributed by atoms with van der Waals surface area (Å²) in [5, 5.41) is 0. The summed E-state index contributed by atoms with van der Waals surface area (Å²) in [5.41, 5.74) is 0. The molecule has 0 unspecified atom stereocenters. The van der Waals surface area contributed by atoms with E-state index in [1.54, 1.807) is 0 Å². The van der Waals surface area contributed by atoms with Gasteiger partial charge in [-0.3, -0.25) is 0 Å². The third-order valence-corrected chi connectivity index (χ3v) is 0. The van der Waals surface area contributed by atoms with E-state index in [1.807, 2.05) is 0 Å². The Bertz CT molecular complexity index is 8.00. The van der Waals surface area contributed by atoms with Crippen molar-refractivity contribution in [2.45, 2.75) is 0 Å². The first-order chi connectivity index (χ1) is 0. The molecule has 0 aromatic carbocycles. The number of hydrogen-bond acceptors (Lipinski definition) is 0. The molecule has 0 aliphatic rings. The van der Waals surface area contributed by atoms with E-state index in [-0.39, 0.29) is 109 Å². The Morgan fingerprint density at radius 2 is 1.00 bits per heavy atom. The minimum atomic E-state index is 0. The van der Waals surface area contributed by atoms with E-state index in [0.717, 1.165) is 0 Å². The Kier molecular flexibility index (Phi) is 106. The van der Waals surface area contributed by atoms with E-state index >= 15 is 0 Å². The zero-order valence-corrected chi connectivity index (χ0v) is 7.08. The third-order valence-electron chi connectivity index (χ3n) is 0. The molecule has 23 valence electrons. The molecule has 0 amide bonds. The van der Waals surface area contributed by atoms with Crippen molar-refractivity contribution in [3.05, 3.63) is 0 Å². The summed E-state index contributed by atoms with van der Waals surface area (Å²) in [6.07, 6.45) is 0. The molecule has 0 nitrogen and oxygen atoms in total. The van der Waals surface area contributed by atoms with Crippen LogP contribution in [0, 0.1) is 0 Å². The molecule has 0 bridgehead atoms. The quantitative estimate of drug-likeness (QED) is 0.498. The van der Waals surface area contributed by atoms with E-state index in [1.165, 1.54) is 0 Å². The van der Waals surface area contributed by atoms with Gasteiger partial charge in [0.25, 0.3) is 0 Å². The molecule has 0 N–H and O–H groups in total. The van der Waals surface area contributed by atoms with Crippen LogP contribution in [0.3, 0.4) is 0 Å². The van der Waals surface area contributed by atoms with Gasteiger partial charge >= 0.3 is 51.4 Å². The van der Waals surface area contributed by atoms with Crippen LogP contribution in [0.2, 0.25) is 0 Å². The van der Waals surface area contributed by atoms with Crippen molar-refractivity contribution in [1.29, 1.82) is 0 Å². The molecule has 0 aromatic heterocycles. The van der Waals surface area contributed by atoms with Crippen LogP contribution >= 0.6 is 12.4 Å². The molecule has 0 aliphatic carbocycles. The summed E-state index contributed by atoms with van der Waals surface area (Å²) >= 11 is 0. The average Bonchev–Trinajstić information content (AvgIpc) is 0. The van der Waals surface area contributed by atoms with Crippen LogP contribution in [0.4, 0.5) is 0 Å². The van der Waals surface area contributed by atoms with Crippen molar-refractivity contribution in [2.24, 2.45) is 0 Å². The maximum absolute atomic E-state index is 0. The van der Waals surface area contributed by atoms with Crippen LogP contribution < -0.4 is 0 Å². The number of hydrogen-bond donors (Lipinski definition) is 0. The van der Waals surface area contributed by atoms with Gasteiger partial charge in [-0.15, -0.1) is 0 Å². The first-order valence-corrected chi connectivity index (χ1v) is 0. The van der Waals surface area contributed by atoms with Gasteiger partial charge in [-0.2, -0.15) is 0 Å². The predicted octanol–water partition coefficient (Wildman–Crippen LogP) is -0.342. The zero-order valence-electron chi connectivity index (χ0n) is 1.19. The standard InChI is InChI=1S/Cl.K.Pt.Sn.H. The van der Waals surface area contributed by atoms with Crippen LogP contribution in [0.5, 0.6) is 0 Å². The predicted molar refractivity (Wildman–Crippen MR) is 18.8 cm³/mol. The second kappa shape index (κ2) is 16.1. The fraction of sp³-hybridized carbons (Fsp3) is 0. The largest absolute Gasteiger partial charge is 0 e. The van der Waals surface area contributed by atoms with Crippen molar-refractivity contribution in [3.8, 4) is 0 Å². The summed E-state index contributed by atoms with van der Waals surface area (Å²) in [5.74, 6) is 0. The summed E-state index contributed by atoms with van der Waals surface area (Å²) in [4.78, 5) is 0.